The molecule has 0 fully saturated rings. The quantitative estimate of drug-likeness (QED) is 0.252. The van der Waals surface area contributed by atoms with Crippen molar-refractivity contribution in [1.82, 2.24) is 0 Å². The second kappa shape index (κ2) is 11.6. The number of hydrogen-bond donors (Lipinski definition) is 0. The van der Waals surface area contributed by atoms with E-state index in [0.29, 0.717) is 39.9 Å². The first kappa shape index (κ1) is 25.2. The lowest BCUT2D eigenvalue weighted by Crippen LogP contribution is -2.24. The van der Waals surface area contributed by atoms with E-state index in [9.17, 15) is 9.59 Å². The van der Waals surface area contributed by atoms with Crippen molar-refractivity contribution in [1.29, 1.82) is 0 Å². The molecule has 0 N–H and O–H groups in total. The smallest absolute Gasteiger partial charge is 0.330 e. The molecule has 1 aliphatic heterocycles. The zero-order valence-electron chi connectivity index (χ0n) is 19.2. The van der Waals surface area contributed by atoms with Crippen LogP contribution in [-0.2, 0) is 19.1 Å². The van der Waals surface area contributed by atoms with Crippen LogP contribution in [0, 0.1) is 0 Å². The van der Waals surface area contributed by atoms with Gasteiger partial charge in [-0.1, -0.05) is 22.0 Å². The summed E-state index contributed by atoms with van der Waals surface area (Å²) in [5.41, 5.74) is 1.32. The maximum absolute atomic E-state index is 12.3. The number of methoxy groups -OCH3 is 3. The van der Waals surface area contributed by atoms with Crippen molar-refractivity contribution in [2.75, 3.05) is 34.7 Å². The Bertz CT molecular complexity index is 1040. The highest BCUT2D eigenvalue weighted by Gasteiger charge is 2.27. The van der Waals surface area contributed by atoms with Gasteiger partial charge in [0.2, 0.25) is 12.5 Å². The van der Waals surface area contributed by atoms with Crippen LogP contribution in [0.25, 0.3) is 6.08 Å². The number of esters is 2. The van der Waals surface area contributed by atoms with Crippen molar-refractivity contribution < 1.29 is 42.7 Å². The van der Waals surface area contributed by atoms with Crippen LogP contribution < -0.4 is 23.7 Å². The summed E-state index contributed by atoms with van der Waals surface area (Å²) in [5.74, 6) is 1.49. The van der Waals surface area contributed by atoms with Crippen LogP contribution in [-0.4, -0.2) is 51.5 Å². The van der Waals surface area contributed by atoms with Crippen LogP contribution in [0.1, 0.15) is 24.2 Å². The number of carbonyl (C=O) groups excluding carboxylic acids is 2. The van der Waals surface area contributed by atoms with E-state index >= 15 is 0 Å². The van der Waals surface area contributed by atoms with E-state index in [-0.39, 0.29) is 13.4 Å². The molecule has 0 bridgehead atoms. The van der Waals surface area contributed by atoms with Crippen molar-refractivity contribution in [2.24, 2.45) is 0 Å². The van der Waals surface area contributed by atoms with Gasteiger partial charge in [0.05, 0.1) is 26.2 Å². The minimum absolute atomic E-state index is 0.0508. The van der Waals surface area contributed by atoms with Crippen LogP contribution in [0.15, 0.2) is 36.4 Å². The highest BCUT2D eigenvalue weighted by molar-refractivity contribution is 9.09. The number of rotatable bonds is 10. The fourth-order valence-electron chi connectivity index (χ4n) is 3.28. The summed E-state index contributed by atoms with van der Waals surface area (Å²) < 4.78 is 37.4. The molecule has 0 saturated carbocycles. The van der Waals surface area contributed by atoms with Crippen molar-refractivity contribution >= 4 is 33.9 Å². The molecule has 1 heterocycles. The summed E-state index contributed by atoms with van der Waals surface area (Å²) in [5, 5.41) is 0. The molecule has 182 valence electrons. The Morgan fingerprint density at radius 3 is 2.32 bits per heavy atom. The number of carbonyl (C=O) groups is 2. The maximum Gasteiger partial charge on any atom is 0.330 e. The van der Waals surface area contributed by atoms with E-state index in [0.717, 1.165) is 0 Å². The number of fused-ring (bicyclic) bond motifs is 1. The molecule has 10 heteroatoms. The lowest BCUT2D eigenvalue weighted by atomic mass is 10.1. The number of hydrogen-bond acceptors (Lipinski definition) is 9. The Labute approximate surface area is 205 Å². The highest BCUT2D eigenvalue weighted by Crippen LogP contribution is 2.39. The van der Waals surface area contributed by atoms with Crippen molar-refractivity contribution in [3.63, 3.8) is 0 Å². The number of alkyl halides is 1. The molecule has 0 saturated heterocycles. The zero-order valence-corrected chi connectivity index (χ0v) is 20.7. The van der Waals surface area contributed by atoms with Crippen molar-refractivity contribution in [2.45, 2.75) is 17.9 Å². The van der Waals surface area contributed by atoms with Gasteiger partial charge in [-0.25, -0.2) is 4.79 Å². The molecule has 0 aliphatic carbocycles. The summed E-state index contributed by atoms with van der Waals surface area (Å²) in [6, 6.07) is 8.64. The minimum atomic E-state index is -0.709. The maximum atomic E-state index is 12.3. The number of benzene rings is 2. The van der Waals surface area contributed by atoms with E-state index in [1.54, 1.807) is 36.4 Å². The molecule has 0 amide bonds. The summed E-state index contributed by atoms with van der Waals surface area (Å²) in [7, 11) is 4.53. The van der Waals surface area contributed by atoms with Gasteiger partial charge in [0.1, 0.15) is 12.7 Å². The van der Waals surface area contributed by atoms with E-state index in [1.165, 1.54) is 34.3 Å². The lowest BCUT2D eigenvalue weighted by Gasteiger charge is -2.22. The third-order valence-electron chi connectivity index (χ3n) is 4.83. The van der Waals surface area contributed by atoms with Crippen LogP contribution in [0.3, 0.4) is 0 Å². The Balaban J connectivity index is 1.66. The molecule has 0 aromatic heterocycles. The van der Waals surface area contributed by atoms with Gasteiger partial charge >= 0.3 is 11.9 Å². The van der Waals surface area contributed by atoms with Gasteiger partial charge in [0.15, 0.2) is 23.0 Å². The van der Waals surface area contributed by atoms with Gasteiger partial charge in [-0.15, -0.1) is 0 Å². The van der Waals surface area contributed by atoms with Crippen LogP contribution in [0.4, 0.5) is 0 Å². The molecule has 0 spiro atoms. The van der Waals surface area contributed by atoms with E-state index in [1.807, 2.05) is 0 Å². The normalized spacial score (nSPS) is 13.8. The Morgan fingerprint density at radius 2 is 1.71 bits per heavy atom. The monoisotopic (exact) mass is 536 g/mol. The van der Waals surface area contributed by atoms with Gasteiger partial charge in [-0.2, -0.15) is 0 Å². The lowest BCUT2D eigenvalue weighted by molar-refractivity contribution is -0.147. The topological polar surface area (TPSA) is 98.8 Å². The third-order valence-corrected chi connectivity index (χ3v) is 5.57. The second-order valence-electron chi connectivity index (χ2n) is 7.08. The zero-order chi connectivity index (χ0) is 24.7. The molecule has 3 rings (SSSR count). The predicted octanol–water partition coefficient (Wildman–Crippen LogP) is 4.07. The third kappa shape index (κ3) is 6.13. The van der Waals surface area contributed by atoms with Crippen molar-refractivity contribution in [3.8, 4) is 28.7 Å². The minimum Gasteiger partial charge on any atom is -0.493 e. The molecule has 34 heavy (non-hydrogen) atoms. The number of halogens is 1. The molecule has 2 aromatic carbocycles. The Kier molecular flexibility index (Phi) is 8.64. The average Bonchev–Trinajstić information content (AvgIpc) is 3.31. The molecule has 9 nitrogen and oxygen atoms in total. The molecule has 1 aliphatic rings. The van der Waals surface area contributed by atoms with Gasteiger partial charge < -0.3 is 33.2 Å². The first-order valence-electron chi connectivity index (χ1n) is 10.2. The standard InChI is InChI=1S/C24H25BrO9/c1-14(26)34-23(16-6-7-18-19(11-16)33-13-32-18)17(25)12-31-22(27)8-5-15-9-20(28-2)24(30-4)21(10-15)29-3/h5-11,17,23H,12-13H2,1-4H3/t17-,23+/m0/s1. The molecular formula is C24H25BrO9. The predicted molar refractivity (Wildman–Crippen MR) is 126 cm³/mol. The van der Waals surface area contributed by atoms with Gasteiger partial charge in [-0.05, 0) is 41.5 Å². The Morgan fingerprint density at radius 1 is 1.03 bits per heavy atom. The molecule has 0 unspecified atom stereocenters. The summed E-state index contributed by atoms with van der Waals surface area (Å²) in [4.78, 5) is 23.5. The summed E-state index contributed by atoms with van der Waals surface area (Å²) in [6.45, 7) is 1.39. The second-order valence-corrected chi connectivity index (χ2v) is 8.26. The van der Waals surface area contributed by atoms with E-state index in [4.69, 9.17) is 33.2 Å². The molecule has 0 radical (unpaired) electrons. The summed E-state index contributed by atoms with van der Waals surface area (Å²) >= 11 is 3.47. The largest absolute Gasteiger partial charge is 0.493 e. The Hall–Kier alpha value is -3.40. The van der Waals surface area contributed by atoms with Crippen molar-refractivity contribution in [3.05, 3.63) is 47.5 Å². The molecular weight excluding hydrogens is 512 g/mol. The average molecular weight is 537 g/mol. The SMILES string of the molecule is COc1cc(C=CC(=O)OC[C@H](Br)[C@H](OC(C)=O)c2ccc3c(c2)OCO3)cc(OC)c1OC. The van der Waals surface area contributed by atoms with E-state index < -0.39 is 22.9 Å². The van der Waals surface area contributed by atoms with E-state index in [2.05, 4.69) is 15.9 Å². The molecule has 2 aromatic rings. The molecule has 2 atom stereocenters. The fraction of sp³-hybridized carbons (Fsp3) is 0.333. The van der Waals surface area contributed by atoms with Crippen LogP contribution in [0.2, 0.25) is 0 Å². The fourth-order valence-corrected chi connectivity index (χ4v) is 3.82. The highest BCUT2D eigenvalue weighted by atomic mass is 79.9. The first-order valence-corrected chi connectivity index (χ1v) is 11.1. The number of ether oxygens (including phenoxy) is 7. The first-order chi connectivity index (χ1) is 16.4. The van der Waals surface area contributed by atoms with Gasteiger partial charge in [0, 0.05) is 13.0 Å². The van der Waals surface area contributed by atoms with Gasteiger partial charge in [0.25, 0.3) is 0 Å². The van der Waals surface area contributed by atoms with Crippen LogP contribution >= 0.6 is 15.9 Å². The van der Waals surface area contributed by atoms with Gasteiger partial charge in [-0.3, -0.25) is 4.79 Å². The van der Waals surface area contributed by atoms with Crippen LogP contribution in [0.5, 0.6) is 28.7 Å². The summed E-state index contributed by atoms with van der Waals surface area (Å²) in [6.07, 6.45) is 2.14.